The first kappa shape index (κ1) is 100. The monoisotopic (exact) mass is 1830 g/mol. The molecule has 4 aliphatic rings. The number of hydrogen-bond acceptors (Lipinski definition) is 24. The topological polar surface area (TPSA) is 619 Å². The number of carbonyl (C=O) groups excluding carboxylic acids is 17. The summed E-state index contributed by atoms with van der Waals surface area (Å²) in [5.41, 5.74) is 19.2. The number of hydrogen-bond donors (Lipinski definition) is 18. The molecule has 41 nitrogen and oxygen atoms in total. The molecule has 3 aromatic carbocycles. The minimum absolute atomic E-state index is 0.0118. The zero-order valence-electron chi connectivity index (χ0n) is 72.5. The van der Waals surface area contributed by atoms with Crippen LogP contribution in [0.5, 0.6) is 5.75 Å². The molecule has 2 aromatic heterocycles. The maximum atomic E-state index is 15.6. The lowest BCUT2D eigenvalue weighted by Gasteiger charge is -2.38. The fraction of sp³-hybridized carbons (Fsp3) is 0.535. The average molecular weight is 1830 g/mol. The highest BCUT2D eigenvalue weighted by Gasteiger charge is 2.47. The van der Waals surface area contributed by atoms with E-state index in [0.717, 1.165) is 41.0 Å². The molecule has 0 aliphatic carbocycles. The van der Waals surface area contributed by atoms with Crippen LogP contribution < -0.4 is 70.4 Å². The lowest BCUT2D eigenvalue weighted by molar-refractivity contribution is -0.149. The molecule has 0 radical (unpaired) electrons. The molecule has 6 heterocycles. The molecule has 5 aromatic rings. The lowest BCUT2D eigenvalue weighted by atomic mass is 9.97. The van der Waals surface area contributed by atoms with Gasteiger partial charge in [0.05, 0.1) is 31.4 Å². The second-order valence-corrected chi connectivity index (χ2v) is 34.7. The van der Waals surface area contributed by atoms with E-state index < -0.39 is 261 Å². The van der Waals surface area contributed by atoms with Crippen molar-refractivity contribution in [2.45, 2.75) is 227 Å². The molecule has 17 amide bonds. The van der Waals surface area contributed by atoms with Crippen molar-refractivity contribution in [3.8, 4) is 5.75 Å². The number of benzene rings is 3. The smallest absolute Gasteiger partial charge is 0.305 e. The van der Waals surface area contributed by atoms with Gasteiger partial charge in [0.1, 0.15) is 90.3 Å². The number of aromatic nitrogens is 1. The van der Waals surface area contributed by atoms with Crippen LogP contribution in [0.25, 0.3) is 21.0 Å². The summed E-state index contributed by atoms with van der Waals surface area (Å²) in [6.45, 7) is 1.64. The summed E-state index contributed by atoms with van der Waals surface area (Å²) in [5, 5.41) is 71.6. The van der Waals surface area contributed by atoms with Crippen LogP contribution in [-0.2, 0) is 106 Å². The Morgan fingerprint density at radius 2 is 1.10 bits per heavy atom. The van der Waals surface area contributed by atoms with E-state index in [1.54, 1.807) is 54.0 Å². The lowest BCUT2D eigenvalue weighted by Crippen LogP contribution is -2.62. The third kappa shape index (κ3) is 27.1. The van der Waals surface area contributed by atoms with E-state index in [-0.39, 0.29) is 70.2 Å². The van der Waals surface area contributed by atoms with Crippen LogP contribution in [-0.4, -0.2) is 312 Å². The number of carbonyl (C=O) groups is 18. The number of phenolic OH excluding ortho intramolecular Hbond substituents is 1. The van der Waals surface area contributed by atoms with Crippen molar-refractivity contribution in [2.75, 3.05) is 64.9 Å². The fourth-order valence-electron chi connectivity index (χ4n) is 16.3. The van der Waals surface area contributed by atoms with Crippen LogP contribution in [0.15, 0.2) is 84.4 Å². The summed E-state index contributed by atoms with van der Waals surface area (Å²) >= 11 is 2.12. The third-order valence-electron chi connectivity index (χ3n) is 23.3. The molecule has 4 fully saturated rings. The Hall–Kier alpha value is -12.4. The number of fused-ring (bicyclic) bond motifs is 5. The number of phenols is 1. The minimum atomic E-state index is -1.90. The fourth-order valence-corrected chi connectivity index (χ4v) is 18.1. The number of thioether (sulfide) groups is 1. The number of nitrogens with zero attached hydrogens (tertiary/aromatic N) is 5. The number of aromatic amines is 1. The molecule has 0 bridgehead atoms. The summed E-state index contributed by atoms with van der Waals surface area (Å²) in [4.78, 5) is 268. The van der Waals surface area contributed by atoms with Crippen LogP contribution in [0.4, 0.5) is 0 Å². The van der Waals surface area contributed by atoms with Gasteiger partial charge in [0.25, 0.3) is 0 Å². The first-order chi connectivity index (χ1) is 61.5. The molecule has 9 rings (SSSR count). The molecule has 3 unspecified atom stereocenters. The number of unbranched alkanes of at least 4 members (excludes halogenated alkanes) is 2. The van der Waals surface area contributed by atoms with Crippen LogP contribution in [0.3, 0.4) is 0 Å². The Morgan fingerprint density at radius 3 is 1.76 bits per heavy atom. The van der Waals surface area contributed by atoms with Gasteiger partial charge in [0.2, 0.25) is 100 Å². The number of H-pyrrole nitrogens is 1. The molecule has 129 heavy (non-hydrogen) atoms. The number of aliphatic hydroxyl groups excluding tert-OH is 2. The number of amides is 17. The van der Waals surface area contributed by atoms with Gasteiger partial charge in [-0.15, -0.1) is 23.1 Å². The Kier molecular flexibility index (Phi) is 37.1. The predicted molar refractivity (Wildman–Crippen MR) is 471 cm³/mol. The molecule has 700 valence electrons. The van der Waals surface area contributed by atoms with Crippen LogP contribution in [0.2, 0.25) is 0 Å². The first-order valence-corrected chi connectivity index (χ1v) is 45.2. The number of likely N-dealkylation sites (N-methyl/N-ethyl adjacent to an activating group) is 2. The Labute approximate surface area is 752 Å². The highest BCUT2D eigenvalue weighted by Crippen LogP contribution is 2.30. The average Bonchev–Trinajstić information content (AvgIpc) is 1.64. The summed E-state index contributed by atoms with van der Waals surface area (Å²) in [6, 6.07) is -2.52. The van der Waals surface area contributed by atoms with E-state index in [9.17, 15) is 73.2 Å². The van der Waals surface area contributed by atoms with E-state index in [0.29, 0.717) is 71.5 Å². The number of primary amides is 2. The van der Waals surface area contributed by atoms with Crippen molar-refractivity contribution in [1.29, 1.82) is 0 Å². The number of aliphatic hydroxyl groups is 2. The predicted octanol–water partition coefficient (Wildman–Crippen LogP) is -3.09. The number of nitrogens with two attached hydrogens (primary N) is 3. The van der Waals surface area contributed by atoms with Gasteiger partial charge in [-0.3, -0.25) is 86.3 Å². The van der Waals surface area contributed by atoms with E-state index in [2.05, 4.69) is 58.2 Å². The maximum absolute atomic E-state index is 15.6. The Bertz CT molecular complexity index is 4920. The molecule has 21 N–H and O–H groups in total. The van der Waals surface area contributed by atoms with Crippen LogP contribution >= 0.6 is 23.1 Å². The van der Waals surface area contributed by atoms with Gasteiger partial charge in [-0.25, -0.2) is 0 Å². The van der Waals surface area contributed by atoms with Crippen molar-refractivity contribution in [1.82, 2.24) is 82.7 Å². The van der Waals surface area contributed by atoms with E-state index in [1.807, 2.05) is 19.9 Å². The van der Waals surface area contributed by atoms with Gasteiger partial charge < -0.3 is 120 Å². The third-order valence-corrected chi connectivity index (χ3v) is 25.4. The molecule has 4 saturated heterocycles. The van der Waals surface area contributed by atoms with Gasteiger partial charge in [-0.2, -0.15) is 0 Å². The zero-order valence-corrected chi connectivity index (χ0v) is 74.2. The van der Waals surface area contributed by atoms with Crippen molar-refractivity contribution < 1.29 is 107 Å². The Balaban J connectivity index is 1.07. The Morgan fingerprint density at radius 1 is 0.543 bits per heavy atom. The van der Waals surface area contributed by atoms with Crippen LogP contribution in [0.1, 0.15) is 134 Å². The SMILES string of the molecule is CCCC[C@H]1C(=O)N(C)[C@@H](CCCC)C(=O)N[C@@H](C)C(=O)N[C@H](C(=O)NCC(N)=O)CSCC(=O)N[C@@H](Cc2ccc(O)cc2)C(=O)N2CCCCC2C(=O)N[C@@H](CC(=O)O)C(=O)N2CCC[C@H]2C(=O)N[C@@H](CN)C(=O)NC(CCC(N)=O)C(=O)N2C[C@H](O)C[C@H]2C(=O)N[C@@H](Cc2c[nH]c3ccccc23)C(=O)N[C@@H](CO)C(=O)NC(Cc2csc3ccccc23)C(=O)N1C. The highest BCUT2D eigenvalue weighted by atomic mass is 32.2. The van der Waals surface area contributed by atoms with Crippen molar-refractivity contribution in [3.05, 3.63) is 101 Å². The quantitative estimate of drug-likeness (QED) is 0.0326. The number of piperidine rings is 1. The summed E-state index contributed by atoms with van der Waals surface area (Å²) in [7, 11) is 2.69. The number of carboxylic acids is 1. The summed E-state index contributed by atoms with van der Waals surface area (Å²) in [5.74, 6) is -19.0. The van der Waals surface area contributed by atoms with Crippen LogP contribution in [0, 0.1) is 0 Å². The number of carboxylic acid groups (broad SMARTS) is 1. The molecular weight excluding hydrogens is 1720 g/mol. The van der Waals surface area contributed by atoms with Gasteiger partial charge >= 0.3 is 5.97 Å². The molecule has 43 heteroatoms. The first-order valence-electron chi connectivity index (χ1n) is 43.1. The zero-order chi connectivity index (χ0) is 94.0. The second-order valence-electron chi connectivity index (χ2n) is 32.7. The molecule has 0 spiro atoms. The van der Waals surface area contributed by atoms with E-state index in [4.69, 9.17) is 17.2 Å². The van der Waals surface area contributed by atoms with E-state index >= 15 is 33.6 Å². The van der Waals surface area contributed by atoms with Gasteiger partial charge in [0, 0.05) is 99.9 Å². The van der Waals surface area contributed by atoms with Gasteiger partial charge in [-0.1, -0.05) is 88.1 Å². The summed E-state index contributed by atoms with van der Waals surface area (Å²) in [6.07, 6.45) is -0.874. The molecule has 15 atom stereocenters. The van der Waals surface area contributed by atoms with Gasteiger partial charge in [0.15, 0.2) is 0 Å². The summed E-state index contributed by atoms with van der Waals surface area (Å²) < 4.78 is 0.808. The molecular formula is C86H117N19O22S2. The van der Waals surface area contributed by atoms with E-state index in [1.165, 1.54) is 56.6 Å². The maximum Gasteiger partial charge on any atom is 0.305 e. The normalized spacial score (nSPS) is 25.9. The minimum Gasteiger partial charge on any atom is -0.508 e. The number of para-hydroxylation sites is 1. The largest absolute Gasteiger partial charge is 0.508 e. The highest BCUT2D eigenvalue weighted by molar-refractivity contribution is 8.00. The van der Waals surface area contributed by atoms with Gasteiger partial charge in [-0.05, 0) is 110 Å². The molecule has 4 aliphatic heterocycles. The van der Waals surface area contributed by atoms with Crippen molar-refractivity contribution in [3.63, 3.8) is 0 Å². The van der Waals surface area contributed by atoms with Crippen molar-refractivity contribution in [2.24, 2.45) is 17.2 Å². The number of rotatable bonds is 22. The molecule has 0 saturated carbocycles. The van der Waals surface area contributed by atoms with Crippen molar-refractivity contribution >= 4 is 150 Å². The number of aromatic hydroxyl groups is 1. The number of thiophene rings is 1. The number of nitrogens with one attached hydrogen (secondary N) is 11. The standard InChI is InChI=1S/C86H117N19O22S2/c1-6-8-20-63-78(119)92-46(3)73(114)100-62(74(115)91-40-70(89)110)44-128-45-71(111)93-57(33-47-25-27-50(107)28-26-47)84(125)103-31-15-14-22-64(103)79(120)97-59(37-72(112)113)85(126)104-32-16-23-65(104)80(121)98-60(38-87)76(117)94-55(29-30-69(88)109)83(124)105-41-51(108)36-67(105)81(122)95-56(34-48-39-90-54-19-12-10-17-52(48)54)75(116)99-61(42-106)77(118)96-58(35-49-43-129-68-24-13-11-18-53(49)68)82(123)102(5)66(21-9-7-2)86(127)101(63)4/h10-13,17-19,24-28,39,43,46,51,55-67,90,106-108H,6-9,14-16,20-23,29-38,40-42,44-45,87H2,1-5H3,(H2,88,109)(H2,89,110)(H,91,115)(H,92,119)(H,93,111)(H,94,117)(H,95,122)(H,96,118)(H,97,120)(H,98,121)(H,99,116)(H,100,114)(H,112,113)/t46-,51+,55?,56-,57-,58?,59-,60-,61-,62-,63-,64?,65-,66-,67-/m0/s1. The second kappa shape index (κ2) is 47.6. The number of aliphatic carboxylic acids is 1.